The smallest absolute Gasteiger partial charge is 0.340 e. The minimum absolute atomic E-state index is 0.00228. The Bertz CT molecular complexity index is 1120. The summed E-state index contributed by atoms with van der Waals surface area (Å²) in [5.41, 5.74) is 2.26. The number of aromatic nitrogens is 1. The molecule has 3 aromatic rings. The van der Waals surface area contributed by atoms with Gasteiger partial charge in [0.25, 0.3) is 0 Å². The maximum absolute atomic E-state index is 13.3. The Labute approximate surface area is 181 Å². The first-order valence-corrected chi connectivity index (χ1v) is 10.2. The average molecular weight is 422 g/mol. The first-order valence-electron chi connectivity index (χ1n) is 10.2. The summed E-state index contributed by atoms with van der Waals surface area (Å²) in [6, 6.07) is 13.2. The number of hydrogen-bond acceptors (Lipinski definition) is 5. The molecule has 1 aliphatic rings. The third kappa shape index (κ3) is 3.83. The second-order valence-corrected chi connectivity index (χ2v) is 7.53. The number of carbonyl (C=O) groups is 2. The van der Waals surface area contributed by atoms with Crippen molar-refractivity contribution >= 4 is 22.8 Å². The van der Waals surface area contributed by atoms with Gasteiger partial charge in [0.05, 0.1) is 32.9 Å². The Hall–Kier alpha value is -3.48. The van der Waals surface area contributed by atoms with Gasteiger partial charge in [0.15, 0.2) is 0 Å². The van der Waals surface area contributed by atoms with Gasteiger partial charge in [-0.2, -0.15) is 0 Å². The van der Waals surface area contributed by atoms with Gasteiger partial charge in [-0.1, -0.05) is 18.2 Å². The van der Waals surface area contributed by atoms with Crippen molar-refractivity contribution in [2.75, 3.05) is 27.9 Å². The van der Waals surface area contributed by atoms with E-state index < -0.39 is 5.97 Å². The molecule has 1 aliphatic heterocycles. The Morgan fingerprint density at radius 2 is 1.87 bits per heavy atom. The van der Waals surface area contributed by atoms with Crippen molar-refractivity contribution in [1.82, 2.24) is 9.47 Å². The van der Waals surface area contributed by atoms with Crippen molar-refractivity contribution in [3.8, 4) is 11.5 Å². The lowest BCUT2D eigenvalue weighted by molar-refractivity contribution is -0.132. The van der Waals surface area contributed by atoms with Crippen LogP contribution in [0, 0.1) is 0 Å². The highest BCUT2D eigenvalue weighted by molar-refractivity contribution is 6.04. The normalized spacial score (nSPS) is 15.8. The van der Waals surface area contributed by atoms with E-state index in [0.717, 1.165) is 29.3 Å². The standard InChI is InChI=1S/C24H26N2O5/c1-29-16-10-11-18(22(13-16)30-2)21-9-6-12-26(21)23(27)15-25-14-19(24(28)31-3)17-7-4-5-8-20(17)25/h4-5,7-8,10-11,13-14,21H,6,9,12,15H2,1-3H3/t21-/m0/s1. The number of para-hydroxylation sites is 1. The fourth-order valence-corrected chi connectivity index (χ4v) is 4.37. The maximum atomic E-state index is 13.3. The summed E-state index contributed by atoms with van der Waals surface area (Å²) in [7, 11) is 4.60. The molecule has 0 radical (unpaired) electrons. The van der Waals surface area contributed by atoms with Crippen molar-refractivity contribution in [3.63, 3.8) is 0 Å². The molecular formula is C24H26N2O5. The number of rotatable bonds is 6. The van der Waals surface area contributed by atoms with Gasteiger partial charge in [-0.25, -0.2) is 4.79 Å². The molecule has 162 valence electrons. The fraction of sp³-hybridized carbons (Fsp3) is 0.333. The molecule has 7 heteroatoms. The second-order valence-electron chi connectivity index (χ2n) is 7.53. The van der Waals surface area contributed by atoms with E-state index in [-0.39, 0.29) is 18.5 Å². The predicted molar refractivity (Wildman–Crippen MR) is 117 cm³/mol. The molecule has 1 atom stereocenters. The van der Waals surface area contributed by atoms with Gasteiger partial charge in [0.2, 0.25) is 5.91 Å². The Morgan fingerprint density at radius 3 is 2.61 bits per heavy atom. The predicted octanol–water partition coefficient (Wildman–Crippen LogP) is 3.81. The number of nitrogens with zero attached hydrogens (tertiary/aromatic N) is 2. The van der Waals surface area contributed by atoms with Crippen LogP contribution in [0.15, 0.2) is 48.7 Å². The van der Waals surface area contributed by atoms with Crippen LogP contribution in [0.25, 0.3) is 10.9 Å². The summed E-state index contributed by atoms with van der Waals surface area (Å²) in [6.45, 7) is 0.828. The Balaban J connectivity index is 1.63. The molecule has 31 heavy (non-hydrogen) atoms. The lowest BCUT2D eigenvalue weighted by Gasteiger charge is -2.27. The molecule has 7 nitrogen and oxygen atoms in total. The molecule has 0 aliphatic carbocycles. The van der Waals surface area contributed by atoms with Crippen LogP contribution in [-0.4, -0.2) is 49.2 Å². The zero-order valence-electron chi connectivity index (χ0n) is 18.0. The molecular weight excluding hydrogens is 396 g/mol. The molecule has 1 saturated heterocycles. The van der Waals surface area contributed by atoms with Gasteiger partial charge < -0.3 is 23.7 Å². The van der Waals surface area contributed by atoms with E-state index in [1.165, 1.54) is 7.11 Å². The van der Waals surface area contributed by atoms with E-state index >= 15 is 0 Å². The van der Waals surface area contributed by atoms with Gasteiger partial charge in [0, 0.05) is 35.3 Å². The number of fused-ring (bicyclic) bond motifs is 1. The van der Waals surface area contributed by atoms with E-state index in [1.54, 1.807) is 20.4 Å². The van der Waals surface area contributed by atoms with Gasteiger partial charge in [0.1, 0.15) is 18.0 Å². The van der Waals surface area contributed by atoms with Gasteiger partial charge in [-0.05, 0) is 31.0 Å². The minimum atomic E-state index is -0.413. The van der Waals surface area contributed by atoms with Crippen molar-refractivity contribution in [2.45, 2.75) is 25.4 Å². The van der Waals surface area contributed by atoms with Crippen LogP contribution in [0.4, 0.5) is 0 Å². The molecule has 1 fully saturated rings. The minimum Gasteiger partial charge on any atom is -0.497 e. The number of benzene rings is 2. The number of ether oxygens (including phenoxy) is 3. The van der Waals surface area contributed by atoms with E-state index in [1.807, 2.05) is 51.9 Å². The Kier molecular flexibility index (Phi) is 5.84. The highest BCUT2D eigenvalue weighted by Gasteiger charge is 2.32. The summed E-state index contributed by atoms with van der Waals surface area (Å²) < 4.78 is 17.6. The topological polar surface area (TPSA) is 70.0 Å². The average Bonchev–Trinajstić information content (AvgIpc) is 3.43. The summed E-state index contributed by atoms with van der Waals surface area (Å²) in [5, 5.41) is 0.775. The number of esters is 1. The summed E-state index contributed by atoms with van der Waals surface area (Å²) in [6.07, 6.45) is 3.49. The number of likely N-dealkylation sites (tertiary alicyclic amines) is 1. The number of hydrogen-bond donors (Lipinski definition) is 0. The fourth-order valence-electron chi connectivity index (χ4n) is 4.37. The molecule has 1 aromatic heterocycles. The van der Waals surface area contributed by atoms with E-state index in [9.17, 15) is 9.59 Å². The van der Waals surface area contributed by atoms with Crippen molar-refractivity contribution in [1.29, 1.82) is 0 Å². The summed E-state index contributed by atoms with van der Waals surface area (Å²) in [4.78, 5) is 27.4. The first-order chi connectivity index (χ1) is 15.1. The zero-order valence-corrected chi connectivity index (χ0v) is 18.0. The van der Waals surface area contributed by atoms with Crippen LogP contribution in [0.3, 0.4) is 0 Å². The second kappa shape index (κ2) is 8.71. The van der Waals surface area contributed by atoms with Gasteiger partial charge in [-0.15, -0.1) is 0 Å². The third-order valence-corrected chi connectivity index (χ3v) is 5.87. The number of methoxy groups -OCH3 is 3. The van der Waals surface area contributed by atoms with E-state index in [0.29, 0.717) is 23.6 Å². The van der Waals surface area contributed by atoms with Crippen LogP contribution in [0.2, 0.25) is 0 Å². The van der Waals surface area contributed by atoms with Gasteiger partial charge in [-0.3, -0.25) is 4.79 Å². The molecule has 1 amide bonds. The molecule has 2 aromatic carbocycles. The molecule has 0 bridgehead atoms. The quantitative estimate of drug-likeness (QED) is 0.565. The van der Waals surface area contributed by atoms with Crippen LogP contribution in [0.1, 0.15) is 34.8 Å². The SMILES string of the molecule is COC(=O)c1cn(CC(=O)N2CCC[C@H]2c2ccc(OC)cc2OC)c2ccccc12. The lowest BCUT2D eigenvalue weighted by atomic mass is 10.0. The van der Waals surface area contributed by atoms with Crippen molar-refractivity contribution in [2.24, 2.45) is 0 Å². The zero-order chi connectivity index (χ0) is 22.0. The van der Waals surface area contributed by atoms with Crippen LogP contribution in [-0.2, 0) is 16.1 Å². The van der Waals surface area contributed by atoms with E-state index in [4.69, 9.17) is 14.2 Å². The first kappa shape index (κ1) is 20.8. The molecule has 0 N–H and O–H groups in total. The molecule has 0 saturated carbocycles. The number of carbonyl (C=O) groups excluding carboxylic acids is 2. The molecule has 2 heterocycles. The van der Waals surface area contributed by atoms with Crippen molar-refractivity contribution < 1.29 is 23.8 Å². The Morgan fingerprint density at radius 1 is 1.06 bits per heavy atom. The monoisotopic (exact) mass is 422 g/mol. The largest absolute Gasteiger partial charge is 0.497 e. The highest BCUT2D eigenvalue weighted by atomic mass is 16.5. The maximum Gasteiger partial charge on any atom is 0.340 e. The lowest BCUT2D eigenvalue weighted by Crippen LogP contribution is -2.33. The van der Waals surface area contributed by atoms with Crippen LogP contribution in [0.5, 0.6) is 11.5 Å². The van der Waals surface area contributed by atoms with Gasteiger partial charge >= 0.3 is 5.97 Å². The van der Waals surface area contributed by atoms with E-state index in [2.05, 4.69) is 0 Å². The molecule has 4 rings (SSSR count). The third-order valence-electron chi connectivity index (χ3n) is 5.87. The molecule has 0 spiro atoms. The summed E-state index contributed by atoms with van der Waals surface area (Å²) >= 11 is 0. The van der Waals surface area contributed by atoms with Crippen LogP contribution >= 0.6 is 0 Å². The molecule has 0 unspecified atom stereocenters. The van der Waals surface area contributed by atoms with Crippen LogP contribution < -0.4 is 9.47 Å². The highest BCUT2D eigenvalue weighted by Crippen LogP contribution is 2.39. The summed E-state index contributed by atoms with van der Waals surface area (Å²) in [5.74, 6) is 1.01. The van der Waals surface area contributed by atoms with Crippen molar-refractivity contribution in [3.05, 3.63) is 59.8 Å². The number of amides is 1.